The molecule has 0 spiro atoms. The Morgan fingerprint density at radius 1 is 1.39 bits per heavy atom. The summed E-state index contributed by atoms with van der Waals surface area (Å²) in [6.45, 7) is 3.06. The average Bonchev–Trinajstić information content (AvgIpc) is 2.25. The predicted octanol–water partition coefficient (Wildman–Crippen LogP) is 2.05. The van der Waals surface area contributed by atoms with E-state index in [1.54, 1.807) is 0 Å². The van der Waals surface area contributed by atoms with Crippen molar-refractivity contribution >= 4 is 5.97 Å². The van der Waals surface area contributed by atoms with Gasteiger partial charge < -0.3 is 5.11 Å². The van der Waals surface area contributed by atoms with Crippen molar-refractivity contribution in [3.05, 3.63) is 29.6 Å². The highest BCUT2D eigenvalue weighted by atomic mass is 19.4. The van der Waals surface area contributed by atoms with Crippen molar-refractivity contribution in [3.63, 3.8) is 0 Å². The smallest absolute Gasteiger partial charge is 0.433 e. The lowest BCUT2D eigenvalue weighted by Gasteiger charge is -2.21. The van der Waals surface area contributed by atoms with Crippen LogP contribution in [0.25, 0.3) is 0 Å². The predicted molar refractivity (Wildman–Crippen MR) is 57.8 cm³/mol. The molecule has 2 N–H and O–H groups in total. The van der Waals surface area contributed by atoms with Gasteiger partial charge in [-0.1, -0.05) is 6.07 Å². The lowest BCUT2D eigenvalue weighted by molar-refractivity contribution is -0.143. The number of halogens is 3. The molecule has 0 aliphatic heterocycles. The number of pyridine rings is 1. The van der Waals surface area contributed by atoms with Crippen LogP contribution in [0.4, 0.5) is 13.2 Å². The molecule has 0 bridgehead atoms. The monoisotopic (exact) mass is 262 g/mol. The molecule has 1 rings (SSSR count). The largest absolute Gasteiger partial charge is 0.480 e. The highest BCUT2D eigenvalue weighted by Crippen LogP contribution is 2.27. The van der Waals surface area contributed by atoms with Crippen molar-refractivity contribution < 1.29 is 23.1 Å². The Balaban J connectivity index is 2.68. The van der Waals surface area contributed by atoms with Gasteiger partial charge in [0.25, 0.3) is 0 Å². The first kappa shape index (κ1) is 14.4. The van der Waals surface area contributed by atoms with E-state index >= 15 is 0 Å². The zero-order valence-electron chi connectivity index (χ0n) is 9.88. The third-order valence-electron chi connectivity index (χ3n) is 2.38. The van der Waals surface area contributed by atoms with Crippen LogP contribution in [0.5, 0.6) is 0 Å². The maximum Gasteiger partial charge on any atom is 0.433 e. The lowest BCUT2D eigenvalue weighted by atomic mass is 10.1. The molecule has 0 unspecified atom stereocenters. The number of carboxylic acid groups (broad SMARTS) is 1. The van der Waals surface area contributed by atoms with E-state index in [1.807, 2.05) is 0 Å². The fourth-order valence-electron chi connectivity index (χ4n) is 1.10. The number of alkyl halides is 3. The molecule has 0 fully saturated rings. The van der Waals surface area contributed by atoms with Gasteiger partial charge in [-0.15, -0.1) is 0 Å². The van der Waals surface area contributed by atoms with Crippen LogP contribution in [0.1, 0.15) is 25.1 Å². The third kappa shape index (κ3) is 3.69. The van der Waals surface area contributed by atoms with Crippen LogP contribution in [-0.2, 0) is 17.5 Å². The molecule has 7 heteroatoms. The number of hydrogen-bond acceptors (Lipinski definition) is 3. The number of hydrogen-bond donors (Lipinski definition) is 2. The highest BCUT2D eigenvalue weighted by molar-refractivity contribution is 5.77. The summed E-state index contributed by atoms with van der Waals surface area (Å²) >= 11 is 0. The first-order valence-electron chi connectivity index (χ1n) is 5.13. The molecule has 0 radical (unpaired) electrons. The average molecular weight is 262 g/mol. The van der Waals surface area contributed by atoms with E-state index in [0.717, 1.165) is 12.3 Å². The number of nitrogens with zero attached hydrogens (tertiary/aromatic N) is 1. The molecule has 1 aromatic heterocycles. The zero-order chi connectivity index (χ0) is 14.0. The van der Waals surface area contributed by atoms with E-state index in [4.69, 9.17) is 5.11 Å². The molecular formula is C11H13F3N2O2. The SMILES string of the molecule is CC(C)(NCc1ccc(C(F)(F)F)nc1)C(=O)O. The Kier molecular flexibility index (Phi) is 3.95. The Labute approximate surface area is 102 Å². The minimum absolute atomic E-state index is 0.129. The van der Waals surface area contributed by atoms with Gasteiger partial charge >= 0.3 is 12.1 Å². The molecule has 1 heterocycles. The summed E-state index contributed by atoms with van der Waals surface area (Å²) in [6, 6.07) is 2.13. The topological polar surface area (TPSA) is 62.2 Å². The summed E-state index contributed by atoms with van der Waals surface area (Å²) in [4.78, 5) is 14.1. The maximum atomic E-state index is 12.2. The van der Waals surface area contributed by atoms with Gasteiger partial charge in [-0.2, -0.15) is 13.2 Å². The van der Waals surface area contributed by atoms with Gasteiger partial charge in [0, 0.05) is 12.7 Å². The van der Waals surface area contributed by atoms with E-state index < -0.39 is 23.4 Å². The van der Waals surface area contributed by atoms with Gasteiger partial charge in [-0.3, -0.25) is 15.1 Å². The Morgan fingerprint density at radius 3 is 2.39 bits per heavy atom. The van der Waals surface area contributed by atoms with Gasteiger partial charge in [0.2, 0.25) is 0 Å². The van der Waals surface area contributed by atoms with Crippen molar-refractivity contribution in [1.29, 1.82) is 0 Å². The Bertz CT molecular complexity index is 427. The fraction of sp³-hybridized carbons (Fsp3) is 0.455. The summed E-state index contributed by atoms with van der Waals surface area (Å²) < 4.78 is 36.7. The first-order chi connectivity index (χ1) is 8.13. The molecule has 100 valence electrons. The van der Waals surface area contributed by atoms with Crippen molar-refractivity contribution in [2.24, 2.45) is 0 Å². The van der Waals surface area contributed by atoms with Crippen molar-refractivity contribution in [3.8, 4) is 0 Å². The second-order valence-electron chi connectivity index (χ2n) is 4.33. The van der Waals surface area contributed by atoms with Gasteiger partial charge in [-0.25, -0.2) is 0 Å². The van der Waals surface area contributed by atoms with Crippen molar-refractivity contribution in [1.82, 2.24) is 10.3 Å². The maximum absolute atomic E-state index is 12.2. The fourth-order valence-corrected chi connectivity index (χ4v) is 1.10. The Hall–Kier alpha value is -1.63. The van der Waals surface area contributed by atoms with Gasteiger partial charge in [0.05, 0.1) is 0 Å². The number of nitrogens with one attached hydrogen (secondary N) is 1. The second-order valence-corrected chi connectivity index (χ2v) is 4.33. The van der Waals surface area contributed by atoms with E-state index in [-0.39, 0.29) is 6.54 Å². The van der Waals surface area contributed by atoms with Crippen LogP contribution in [-0.4, -0.2) is 21.6 Å². The van der Waals surface area contributed by atoms with Crippen molar-refractivity contribution in [2.75, 3.05) is 0 Å². The van der Waals surface area contributed by atoms with Crippen molar-refractivity contribution in [2.45, 2.75) is 32.1 Å². The number of rotatable bonds is 4. The van der Waals surface area contributed by atoms with Crippen LogP contribution in [0, 0.1) is 0 Å². The van der Waals surface area contributed by atoms with Gasteiger partial charge in [0.15, 0.2) is 0 Å². The highest BCUT2D eigenvalue weighted by Gasteiger charge is 2.32. The van der Waals surface area contributed by atoms with Crippen LogP contribution < -0.4 is 5.32 Å². The van der Waals surface area contributed by atoms with E-state index in [2.05, 4.69) is 10.3 Å². The van der Waals surface area contributed by atoms with Crippen LogP contribution in [0.2, 0.25) is 0 Å². The standard InChI is InChI=1S/C11H13F3N2O2/c1-10(2,9(17)18)16-6-7-3-4-8(15-5-7)11(12,13)14/h3-5,16H,6H2,1-2H3,(H,17,18). The molecule has 0 aliphatic carbocycles. The second kappa shape index (κ2) is 4.93. The summed E-state index contributed by atoms with van der Waals surface area (Å²) in [5, 5.41) is 11.6. The van der Waals surface area contributed by atoms with Crippen LogP contribution >= 0.6 is 0 Å². The van der Waals surface area contributed by atoms with E-state index in [9.17, 15) is 18.0 Å². The van der Waals surface area contributed by atoms with E-state index in [0.29, 0.717) is 5.56 Å². The first-order valence-corrected chi connectivity index (χ1v) is 5.13. The summed E-state index contributed by atoms with van der Waals surface area (Å²) in [5.74, 6) is -1.04. The molecule has 0 aromatic carbocycles. The minimum atomic E-state index is -4.47. The Morgan fingerprint density at radius 2 is 2.00 bits per heavy atom. The third-order valence-corrected chi connectivity index (χ3v) is 2.38. The molecule has 0 saturated heterocycles. The minimum Gasteiger partial charge on any atom is -0.480 e. The van der Waals surface area contributed by atoms with E-state index in [1.165, 1.54) is 19.9 Å². The molecule has 0 amide bonds. The van der Waals surface area contributed by atoms with Gasteiger partial charge in [-0.05, 0) is 25.5 Å². The molecule has 4 nitrogen and oxygen atoms in total. The molecule has 1 aromatic rings. The zero-order valence-corrected chi connectivity index (χ0v) is 9.88. The van der Waals surface area contributed by atoms with Crippen LogP contribution in [0.3, 0.4) is 0 Å². The summed E-state index contributed by atoms with van der Waals surface area (Å²) in [5.41, 5.74) is -1.64. The number of carboxylic acids is 1. The quantitative estimate of drug-likeness (QED) is 0.871. The number of aromatic nitrogens is 1. The molecule has 0 atom stereocenters. The lowest BCUT2D eigenvalue weighted by Crippen LogP contribution is -2.46. The number of aliphatic carboxylic acids is 1. The summed E-state index contributed by atoms with van der Waals surface area (Å²) in [6.07, 6.45) is -3.39. The van der Waals surface area contributed by atoms with Gasteiger partial charge in [0.1, 0.15) is 11.2 Å². The molecule has 18 heavy (non-hydrogen) atoms. The molecule has 0 aliphatic rings. The number of carbonyl (C=O) groups is 1. The molecular weight excluding hydrogens is 249 g/mol. The summed E-state index contributed by atoms with van der Waals surface area (Å²) in [7, 11) is 0. The molecule has 0 saturated carbocycles. The normalized spacial score (nSPS) is 12.5. The van der Waals surface area contributed by atoms with Crippen LogP contribution in [0.15, 0.2) is 18.3 Å².